The first-order valence-corrected chi connectivity index (χ1v) is 6.75. The number of carbonyl (C=O) groups is 1. The van der Waals surface area contributed by atoms with Gasteiger partial charge < -0.3 is 4.98 Å². The van der Waals surface area contributed by atoms with Gasteiger partial charge in [-0.3, -0.25) is 4.79 Å². The number of hydrogen-bond donors (Lipinski definition) is 1. The number of ketones is 1. The predicted molar refractivity (Wildman–Crippen MR) is 80.7 cm³/mol. The number of rotatable bonds is 3. The van der Waals surface area contributed by atoms with Crippen LogP contribution in [0.15, 0.2) is 48.5 Å². The summed E-state index contributed by atoms with van der Waals surface area (Å²) in [6.45, 7) is 3.83. The predicted octanol–water partition coefficient (Wildman–Crippen LogP) is 4.07. The third kappa shape index (κ3) is 2.11. The molecule has 0 saturated carbocycles. The Kier molecular flexibility index (Phi) is 3.11. The highest BCUT2D eigenvalue weighted by Crippen LogP contribution is 2.25. The second kappa shape index (κ2) is 4.93. The van der Waals surface area contributed by atoms with E-state index in [1.807, 2.05) is 62.4 Å². The first-order chi connectivity index (χ1) is 9.66. The lowest BCUT2D eigenvalue weighted by molar-refractivity contribution is 0.0940. The average molecular weight is 264 g/mol. The number of carbonyl (C=O) groups excluding carboxylic acids is 1. The average Bonchev–Trinajstić information content (AvgIpc) is 2.90. The summed E-state index contributed by atoms with van der Waals surface area (Å²) in [4.78, 5) is 20.2. The molecule has 1 heterocycles. The Morgan fingerprint density at radius 3 is 2.50 bits per heavy atom. The quantitative estimate of drug-likeness (QED) is 0.725. The minimum atomic E-state index is -0.0273. The summed E-state index contributed by atoms with van der Waals surface area (Å²) in [7, 11) is 0. The monoisotopic (exact) mass is 264 g/mol. The molecule has 0 aliphatic carbocycles. The zero-order valence-electron chi connectivity index (χ0n) is 11.6. The molecular formula is C17H16N2O. The van der Waals surface area contributed by atoms with Gasteiger partial charge in [0.25, 0.3) is 0 Å². The highest BCUT2D eigenvalue weighted by molar-refractivity contribution is 6.03. The molecule has 0 amide bonds. The van der Waals surface area contributed by atoms with E-state index in [1.54, 1.807) is 0 Å². The largest absolute Gasteiger partial charge is 0.338 e. The number of imidazole rings is 1. The van der Waals surface area contributed by atoms with E-state index in [0.717, 1.165) is 28.0 Å². The molecule has 0 atom stereocenters. The van der Waals surface area contributed by atoms with Crippen LogP contribution in [0.5, 0.6) is 0 Å². The maximum absolute atomic E-state index is 12.3. The van der Waals surface area contributed by atoms with Gasteiger partial charge in [0, 0.05) is 17.0 Å². The number of hydrogen-bond acceptors (Lipinski definition) is 2. The van der Waals surface area contributed by atoms with Crippen molar-refractivity contribution in [2.24, 2.45) is 5.92 Å². The molecule has 3 nitrogen and oxygen atoms in total. The van der Waals surface area contributed by atoms with Gasteiger partial charge in [-0.2, -0.15) is 0 Å². The number of nitrogens with one attached hydrogen (secondary N) is 1. The van der Waals surface area contributed by atoms with Crippen molar-refractivity contribution in [3.63, 3.8) is 0 Å². The number of aromatic nitrogens is 2. The molecule has 1 N–H and O–H groups in total. The Balaban J connectivity index is 2.16. The van der Waals surface area contributed by atoms with Crippen molar-refractivity contribution >= 4 is 16.8 Å². The van der Waals surface area contributed by atoms with E-state index in [-0.39, 0.29) is 11.7 Å². The fourth-order valence-corrected chi connectivity index (χ4v) is 2.30. The summed E-state index contributed by atoms with van der Waals surface area (Å²) in [6, 6.07) is 15.5. The highest BCUT2D eigenvalue weighted by Gasteiger charge is 2.17. The van der Waals surface area contributed by atoms with Gasteiger partial charge in [0.1, 0.15) is 5.82 Å². The van der Waals surface area contributed by atoms with E-state index in [9.17, 15) is 4.79 Å². The van der Waals surface area contributed by atoms with Gasteiger partial charge >= 0.3 is 0 Å². The second-order valence-electron chi connectivity index (χ2n) is 5.17. The molecular weight excluding hydrogens is 248 g/mol. The van der Waals surface area contributed by atoms with Crippen LogP contribution in [0.4, 0.5) is 0 Å². The second-order valence-corrected chi connectivity index (χ2v) is 5.17. The van der Waals surface area contributed by atoms with Crippen LogP contribution in [0, 0.1) is 5.92 Å². The Hall–Kier alpha value is -2.42. The van der Waals surface area contributed by atoms with Gasteiger partial charge in [0.05, 0.1) is 11.0 Å². The molecule has 20 heavy (non-hydrogen) atoms. The van der Waals surface area contributed by atoms with Crippen LogP contribution in [0.2, 0.25) is 0 Å². The molecule has 0 aliphatic heterocycles. The van der Waals surface area contributed by atoms with Gasteiger partial charge in [0.15, 0.2) is 5.78 Å². The molecule has 1 aromatic heterocycles. The van der Waals surface area contributed by atoms with Crippen LogP contribution in [-0.2, 0) is 0 Å². The van der Waals surface area contributed by atoms with Crippen molar-refractivity contribution in [3.8, 4) is 11.4 Å². The number of H-pyrrole nitrogens is 1. The minimum absolute atomic E-state index is 0.0273. The van der Waals surface area contributed by atoms with Crippen LogP contribution in [0.25, 0.3) is 22.4 Å². The molecule has 0 radical (unpaired) electrons. The molecule has 2 aromatic carbocycles. The molecule has 100 valence electrons. The van der Waals surface area contributed by atoms with Crippen molar-refractivity contribution in [1.29, 1.82) is 0 Å². The summed E-state index contributed by atoms with van der Waals surface area (Å²) in [5.41, 5.74) is 3.48. The van der Waals surface area contributed by atoms with Crippen molar-refractivity contribution in [3.05, 3.63) is 54.1 Å². The smallest absolute Gasteiger partial charge is 0.166 e. The van der Waals surface area contributed by atoms with Crippen molar-refractivity contribution < 1.29 is 4.79 Å². The molecule has 0 saturated heterocycles. The van der Waals surface area contributed by atoms with Crippen LogP contribution >= 0.6 is 0 Å². The Morgan fingerprint density at radius 1 is 1.05 bits per heavy atom. The lowest BCUT2D eigenvalue weighted by Gasteiger charge is -2.08. The summed E-state index contributed by atoms with van der Waals surface area (Å²) >= 11 is 0. The van der Waals surface area contributed by atoms with Gasteiger partial charge in [-0.1, -0.05) is 50.2 Å². The third-order valence-electron chi connectivity index (χ3n) is 3.36. The highest BCUT2D eigenvalue weighted by atomic mass is 16.1. The molecule has 0 bridgehead atoms. The summed E-state index contributed by atoms with van der Waals surface area (Å²) in [5.74, 6) is 0.859. The van der Waals surface area contributed by atoms with Gasteiger partial charge in [-0.05, 0) is 12.1 Å². The molecule has 0 fully saturated rings. The minimum Gasteiger partial charge on any atom is -0.338 e. The lowest BCUT2D eigenvalue weighted by atomic mass is 9.96. The topological polar surface area (TPSA) is 45.8 Å². The maximum Gasteiger partial charge on any atom is 0.166 e. The van der Waals surface area contributed by atoms with Gasteiger partial charge in [-0.25, -0.2) is 4.98 Å². The summed E-state index contributed by atoms with van der Waals surface area (Å²) in [6.07, 6.45) is 0. The summed E-state index contributed by atoms with van der Waals surface area (Å²) < 4.78 is 0. The number of para-hydroxylation sites is 2. The molecule has 3 heteroatoms. The molecule has 3 rings (SSSR count). The molecule has 0 unspecified atom stereocenters. The SMILES string of the molecule is CC(C)C(=O)c1ccccc1-c1nc2ccccc2[nH]1. The van der Waals surface area contributed by atoms with Crippen molar-refractivity contribution in [2.45, 2.75) is 13.8 Å². The maximum atomic E-state index is 12.3. The molecule has 0 aliphatic rings. The van der Waals surface area contributed by atoms with Crippen LogP contribution in [-0.4, -0.2) is 15.8 Å². The first kappa shape index (κ1) is 12.6. The van der Waals surface area contributed by atoms with Crippen LogP contribution in [0.1, 0.15) is 24.2 Å². The van der Waals surface area contributed by atoms with E-state index in [1.165, 1.54) is 0 Å². The number of fused-ring (bicyclic) bond motifs is 1. The molecule has 0 spiro atoms. The van der Waals surface area contributed by atoms with Crippen LogP contribution < -0.4 is 0 Å². The fraction of sp³-hybridized carbons (Fsp3) is 0.176. The Labute approximate surface area is 117 Å². The van der Waals surface area contributed by atoms with E-state index >= 15 is 0 Å². The van der Waals surface area contributed by atoms with Crippen molar-refractivity contribution in [1.82, 2.24) is 9.97 Å². The molecule has 3 aromatic rings. The Bertz CT molecular complexity index is 738. The van der Waals surface area contributed by atoms with Gasteiger partial charge in [0.2, 0.25) is 0 Å². The number of aromatic amines is 1. The van der Waals surface area contributed by atoms with E-state index < -0.39 is 0 Å². The first-order valence-electron chi connectivity index (χ1n) is 6.75. The Morgan fingerprint density at radius 2 is 1.75 bits per heavy atom. The fourth-order valence-electron chi connectivity index (χ4n) is 2.30. The zero-order chi connectivity index (χ0) is 14.1. The van der Waals surface area contributed by atoms with E-state index in [2.05, 4.69) is 9.97 Å². The zero-order valence-corrected chi connectivity index (χ0v) is 11.6. The normalized spacial score (nSPS) is 11.2. The number of benzene rings is 2. The van der Waals surface area contributed by atoms with Crippen molar-refractivity contribution in [2.75, 3.05) is 0 Å². The third-order valence-corrected chi connectivity index (χ3v) is 3.36. The summed E-state index contributed by atoms with van der Waals surface area (Å²) in [5, 5.41) is 0. The van der Waals surface area contributed by atoms with E-state index in [4.69, 9.17) is 0 Å². The standard InChI is InChI=1S/C17H16N2O/c1-11(2)16(20)12-7-3-4-8-13(12)17-18-14-9-5-6-10-15(14)19-17/h3-11H,1-2H3,(H,18,19). The van der Waals surface area contributed by atoms with E-state index in [0.29, 0.717) is 0 Å². The number of Topliss-reactive ketones (excluding diaryl/α,β-unsaturated/α-hetero) is 1. The van der Waals surface area contributed by atoms with Crippen LogP contribution in [0.3, 0.4) is 0 Å². The lowest BCUT2D eigenvalue weighted by Crippen LogP contribution is -2.09. The van der Waals surface area contributed by atoms with Gasteiger partial charge in [-0.15, -0.1) is 0 Å². The number of nitrogens with zero attached hydrogens (tertiary/aromatic N) is 1.